The van der Waals surface area contributed by atoms with E-state index >= 15 is 0 Å². The predicted molar refractivity (Wildman–Crippen MR) is 238 cm³/mol. The third-order valence-electron chi connectivity index (χ3n) is 11.6. The van der Waals surface area contributed by atoms with Gasteiger partial charge in [-0.05, 0) is 147 Å². The highest BCUT2D eigenvalue weighted by Crippen LogP contribution is 2.52. The van der Waals surface area contributed by atoms with Crippen molar-refractivity contribution < 1.29 is 0 Å². The van der Waals surface area contributed by atoms with Crippen molar-refractivity contribution in [1.82, 2.24) is 0 Å². The van der Waals surface area contributed by atoms with Gasteiger partial charge in [0.05, 0.1) is 0 Å². The van der Waals surface area contributed by atoms with E-state index in [1.165, 1.54) is 111 Å². The lowest BCUT2D eigenvalue weighted by Crippen LogP contribution is -1.89. The molecule has 0 aliphatic heterocycles. The van der Waals surface area contributed by atoms with Crippen LogP contribution in [-0.4, -0.2) is 0 Å². The van der Waals surface area contributed by atoms with Crippen LogP contribution in [-0.2, 0) is 0 Å². The highest BCUT2D eigenvalue weighted by Gasteiger charge is 2.26. The zero-order valence-corrected chi connectivity index (χ0v) is 30.8. The first-order valence-corrected chi connectivity index (χ1v) is 19.4. The summed E-state index contributed by atoms with van der Waals surface area (Å²) in [5.74, 6) is 0. The van der Waals surface area contributed by atoms with Crippen LogP contribution in [0.2, 0.25) is 0 Å². The lowest BCUT2D eigenvalue weighted by molar-refractivity contribution is 1.57. The quantitative estimate of drug-likeness (QED) is 0.161. The van der Waals surface area contributed by atoms with Crippen molar-refractivity contribution in [1.29, 1.82) is 0 Å². The number of hydrogen-bond donors (Lipinski definition) is 0. The Bertz CT molecular complexity index is 3030. The van der Waals surface area contributed by atoms with Crippen LogP contribution in [0.5, 0.6) is 0 Å². The molecule has 0 N–H and O–H groups in total. The molecule has 0 fully saturated rings. The fourth-order valence-corrected chi connectivity index (χ4v) is 8.84. The summed E-state index contributed by atoms with van der Waals surface area (Å²) in [5, 5.41) is 5.13. The Balaban J connectivity index is 1.06. The molecule has 0 radical (unpaired) electrons. The summed E-state index contributed by atoms with van der Waals surface area (Å²) in [6.07, 6.45) is 0. The van der Waals surface area contributed by atoms with E-state index < -0.39 is 0 Å². The molecule has 10 aromatic rings. The third kappa shape index (κ3) is 5.46. The standard InChI is InChI=1S/C56H36/c1-4-13-37(14-5-1)45-32-46(38-15-6-2-7-16-38)34-47(33-45)48-29-30-51-55-36-53(42-26-23-40(24-27-42)44-28-25-39-17-10-11-20-43(39)31-44)52(41-18-8-3-9-19-41)35-54(55)50-22-12-21-49(48)56(50)51/h1-36H. The molecule has 0 amide bonds. The SMILES string of the molecule is c1ccc(-c2cc(-c3ccccc3)cc(-c3ccc4c5c(cccc35)-c3cc(-c5ccccc5)c(-c5ccc(-c6ccc7ccccc7c6)cc5)cc3-4)c2)cc1. The number of hydrogen-bond acceptors (Lipinski definition) is 0. The Hall–Kier alpha value is -7.28. The summed E-state index contributed by atoms with van der Waals surface area (Å²) < 4.78 is 0. The minimum absolute atomic E-state index is 1.21. The first-order valence-electron chi connectivity index (χ1n) is 19.4. The van der Waals surface area contributed by atoms with Gasteiger partial charge in [0, 0.05) is 0 Å². The second-order valence-electron chi connectivity index (χ2n) is 14.9. The molecule has 0 heteroatoms. The van der Waals surface area contributed by atoms with Crippen LogP contribution in [0.4, 0.5) is 0 Å². The topological polar surface area (TPSA) is 0 Å². The molecule has 56 heavy (non-hydrogen) atoms. The Morgan fingerprint density at radius 3 is 1.29 bits per heavy atom. The van der Waals surface area contributed by atoms with Gasteiger partial charge < -0.3 is 0 Å². The average molecular weight is 709 g/mol. The van der Waals surface area contributed by atoms with Crippen LogP contribution in [0.15, 0.2) is 218 Å². The largest absolute Gasteiger partial charge is 0.0622 e. The molecule has 1 aliphatic rings. The normalized spacial score (nSPS) is 11.6. The average Bonchev–Trinajstić information content (AvgIpc) is 3.60. The molecule has 260 valence electrons. The molecule has 10 aromatic carbocycles. The highest BCUT2D eigenvalue weighted by molar-refractivity contribution is 6.20. The van der Waals surface area contributed by atoms with Gasteiger partial charge in [0.1, 0.15) is 0 Å². The fourth-order valence-electron chi connectivity index (χ4n) is 8.84. The summed E-state index contributed by atoms with van der Waals surface area (Å²) in [6.45, 7) is 0. The fraction of sp³-hybridized carbons (Fsp3) is 0. The predicted octanol–water partition coefficient (Wildman–Crippen LogP) is 15.6. The molecule has 0 saturated heterocycles. The van der Waals surface area contributed by atoms with Gasteiger partial charge in [0.25, 0.3) is 0 Å². The summed E-state index contributed by atoms with van der Waals surface area (Å²) in [7, 11) is 0. The van der Waals surface area contributed by atoms with Crippen molar-refractivity contribution in [2.45, 2.75) is 0 Å². The first kappa shape index (κ1) is 32.2. The van der Waals surface area contributed by atoms with Gasteiger partial charge in [-0.1, -0.05) is 182 Å². The first-order chi connectivity index (χ1) is 27.7. The van der Waals surface area contributed by atoms with E-state index in [-0.39, 0.29) is 0 Å². The van der Waals surface area contributed by atoms with Gasteiger partial charge >= 0.3 is 0 Å². The molecule has 0 heterocycles. The van der Waals surface area contributed by atoms with Gasteiger partial charge in [-0.2, -0.15) is 0 Å². The van der Waals surface area contributed by atoms with Crippen molar-refractivity contribution in [2.24, 2.45) is 0 Å². The molecular weight excluding hydrogens is 673 g/mol. The van der Waals surface area contributed by atoms with E-state index in [1.54, 1.807) is 0 Å². The van der Waals surface area contributed by atoms with E-state index in [4.69, 9.17) is 0 Å². The monoisotopic (exact) mass is 708 g/mol. The van der Waals surface area contributed by atoms with E-state index in [1.807, 2.05) is 0 Å². The Labute approximate surface area is 327 Å². The van der Waals surface area contributed by atoms with E-state index in [2.05, 4.69) is 218 Å². The Morgan fingerprint density at radius 2 is 0.643 bits per heavy atom. The summed E-state index contributed by atoms with van der Waals surface area (Å²) >= 11 is 0. The Morgan fingerprint density at radius 1 is 0.179 bits per heavy atom. The minimum Gasteiger partial charge on any atom is -0.0622 e. The van der Waals surface area contributed by atoms with E-state index in [9.17, 15) is 0 Å². The van der Waals surface area contributed by atoms with Gasteiger partial charge in [-0.3, -0.25) is 0 Å². The zero-order valence-electron chi connectivity index (χ0n) is 30.8. The second-order valence-corrected chi connectivity index (χ2v) is 14.9. The maximum atomic E-state index is 2.45. The molecular formula is C56H36. The van der Waals surface area contributed by atoms with Crippen molar-refractivity contribution in [3.63, 3.8) is 0 Å². The molecule has 0 unspecified atom stereocenters. The van der Waals surface area contributed by atoms with Crippen LogP contribution < -0.4 is 0 Å². The summed E-state index contributed by atoms with van der Waals surface area (Å²) in [4.78, 5) is 0. The van der Waals surface area contributed by atoms with E-state index in [0.717, 1.165) is 0 Å². The van der Waals surface area contributed by atoms with Crippen LogP contribution in [0.25, 0.3) is 111 Å². The lowest BCUT2D eigenvalue weighted by atomic mass is 9.88. The Kier molecular flexibility index (Phi) is 7.60. The van der Waals surface area contributed by atoms with Crippen LogP contribution >= 0.6 is 0 Å². The van der Waals surface area contributed by atoms with Gasteiger partial charge in [0.2, 0.25) is 0 Å². The molecule has 1 aliphatic carbocycles. The van der Waals surface area contributed by atoms with Crippen molar-refractivity contribution in [2.75, 3.05) is 0 Å². The maximum Gasteiger partial charge on any atom is -0.00201 e. The van der Waals surface area contributed by atoms with E-state index in [0.29, 0.717) is 0 Å². The zero-order chi connectivity index (χ0) is 37.0. The molecule has 0 bridgehead atoms. The maximum absolute atomic E-state index is 2.45. The second kappa shape index (κ2) is 13.2. The molecule has 0 spiro atoms. The lowest BCUT2D eigenvalue weighted by Gasteiger charge is -2.15. The molecule has 11 rings (SSSR count). The van der Waals surface area contributed by atoms with Gasteiger partial charge in [-0.15, -0.1) is 0 Å². The van der Waals surface area contributed by atoms with Crippen molar-refractivity contribution in [3.8, 4) is 89.0 Å². The van der Waals surface area contributed by atoms with Crippen LogP contribution in [0.3, 0.4) is 0 Å². The van der Waals surface area contributed by atoms with Crippen LogP contribution in [0, 0.1) is 0 Å². The van der Waals surface area contributed by atoms with Crippen molar-refractivity contribution in [3.05, 3.63) is 218 Å². The molecule has 0 nitrogen and oxygen atoms in total. The number of benzene rings is 10. The van der Waals surface area contributed by atoms with Crippen LogP contribution in [0.1, 0.15) is 0 Å². The minimum atomic E-state index is 1.21. The van der Waals surface area contributed by atoms with Crippen molar-refractivity contribution >= 4 is 21.5 Å². The number of fused-ring (bicyclic) bond motifs is 4. The number of rotatable bonds is 6. The smallest absolute Gasteiger partial charge is 0.00201 e. The molecule has 0 saturated carbocycles. The summed E-state index contributed by atoms with van der Waals surface area (Å²) in [5.41, 5.74) is 19.9. The third-order valence-corrected chi connectivity index (χ3v) is 11.6. The van der Waals surface area contributed by atoms with Gasteiger partial charge in [0.15, 0.2) is 0 Å². The van der Waals surface area contributed by atoms with Gasteiger partial charge in [-0.25, -0.2) is 0 Å². The molecule has 0 aromatic heterocycles. The summed E-state index contributed by atoms with van der Waals surface area (Å²) in [6, 6.07) is 80.3. The highest BCUT2D eigenvalue weighted by atomic mass is 14.3. The molecule has 0 atom stereocenters.